The highest BCUT2D eigenvalue weighted by molar-refractivity contribution is 7.17. The van der Waals surface area contributed by atoms with Gasteiger partial charge >= 0.3 is 5.97 Å². The Morgan fingerprint density at radius 1 is 1.50 bits per heavy atom. The van der Waals surface area contributed by atoms with Crippen molar-refractivity contribution in [2.75, 3.05) is 32.1 Å². The standard InChI is InChI=1S/C13H19N3O3S/c1-3-19-13(18)11-8-4-5-16(2)7-9(8)20-12(11)15-10(17)6-14/h3-7,14H2,1-2H3,(H,15,17). The molecule has 0 fully saturated rings. The van der Waals surface area contributed by atoms with Crippen LogP contribution in [0.15, 0.2) is 0 Å². The molecule has 1 aromatic heterocycles. The van der Waals surface area contributed by atoms with Gasteiger partial charge in [0.2, 0.25) is 5.91 Å². The highest BCUT2D eigenvalue weighted by Crippen LogP contribution is 2.37. The zero-order valence-corrected chi connectivity index (χ0v) is 12.5. The fraction of sp³-hybridized carbons (Fsp3) is 0.538. The van der Waals surface area contributed by atoms with Crippen molar-refractivity contribution in [3.63, 3.8) is 0 Å². The maximum Gasteiger partial charge on any atom is 0.341 e. The second kappa shape index (κ2) is 6.34. The van der Waals surface area contributed by atoms with Gasteiger partial charge in [-0.15, -0.1) is 11.3 Å². The second-order valence-corrected chi connectivity index (χ2v) is 5.77. The summed E-state index contributed by atoms with van der Waals surface area (Å²) in [6.07, 6.45) is 0.787. The van der Waals surface area contributed by atoms with E-state index in [9.17, 15) is 9.59 Å². The van der Waals surface area contributed by atoms with E-state index in [2.05, 4.69) is 10.2 Å². The first-order valence-corrected chi connectivity index (χ1v) is 7.38. The highest BCUT2D eigenvalue weighted by atomic mass is 32.1. The second-order valence-electron chi connectivity index (χ2n) is 4.67. The van der Waals surface area contributed by atoms with E-state index >= 15 is 0 Å². The van der Waals surface area contributed by atoms with Crippen molar-refractivity contribution < 1.29 is 14.3 Å². The van der Waals surface area contributed by atoms with E-state index in [4.69, 9.17) is 10.5 Å². The summed E-state index contributed by atoms with van der Waals surface area (Å²) >= 11 is 1.43. The van der Waals surface area contributed by atoms with Crippen LogP contribution in [0, 0.1) is 0 Å². The van der Waals surface area contributed by atoms with E-state index in [1.54, 1.807) is 6.92 Å². The zero-order valence-electron chi connectivity index (χ0n) is 11.7. The first-order valence-electron chi connectivity index (χ1n) is 6.56. The van der Waals surface area contributed by atoms with Crippen LogP contribution in [0.3, 0.4) is 0 Å². The predicted molar refractivity (Wildman–Crippen MR) is 78.0 cm³/mol. The minimum absolute atomic E-state index is 0.106. The molecule has 2 heterocycles. The van der Waals surface area contributed by atoms with E-state index in [1.807, 2.05) is 7.05 Å². The lowest BCUT2D eigenvalue weighted by Gasteiger charge is -2.22. The Labute approximate surface area is 121 Å². The third-order valence-electron chi connectivity index (χ3n) is 3.17. The van der Waals surface area contributed by atoms with Crippen LogP contribution in [-0.2, 0) is 22.5 Å². The van der Waals surface area contributed by atoms with Crippen molar-refractivity contribution >= 4 is 28.2 Å². The average Bonchev–Trinajstić information content (AvgIpc) is 2.75. The molecule has 0 saturated heterocycles. The molecule has 1 aliphatic rings. The fourth-order valence-corrected chi connectivity index (χ4v) is 3.55. The molecule has 20 heavy (non-hydrogen) atoms. The topological polar surface area (TPSA) is 84.7 Å². The van der Waals surface area contributed by atoms with Crippen LogP contribution in [0.4, 0.5) is 5.00 Å². The number of esters is 1. The molecule has 0 unspecified atom stereocenters. The van der Waals surface area contributed by atoms with Gasteiger partial charge in [-0.05, 0) is 26.0 Å². The quantitative estimate of drug-likeness (QED) is 0.803. The number of rotatable bonds is 4. The molecule has 0 atom stereocenters. The Balaban J connectivity index is 2.39. The molecule has 1 amide bonds. The van der Waals surface area contributed by atoms with Crippen LogP contribution in [0.5, 0.6) is 0 Å². The monoisotopic (exact) mass is 297 g/mol. The lowest BCUT2D eigenvalue weighted by atomic mass is 10.0. The van der Waals surface area contributed by atoms with Gasteiger partial charge in [0.05, 0.1) is 18.7 Å². The minimum atomic E-state index is -0.373. The van der Waals surface area contributed by atoms with Crippen molar-refractivity contribution in [2.45, 2.75) is 19.9 Å². The van der Waals surface area contributed by atoms with Gasteiger partial charge in [-0.2, -0.15) is 0 Å². The maximum absolute atomic E-state index is 12.1. The normalized spacial score (nSPS) is 14.8. The smallest absolute Gasteiger partial charge is 0.341 e. The van der Waals surface area contributed by atoms with Gasteiger partial charge in [0.25, 0.3) is 0 Å². The number of nitrogens with two attached hydrogens (primary N) is 1. The van der Waals surface area contributed by atoms with Crippen molar-refractivity contribution in [3.8, 4) is 0 Å². The van der Waals surface area contributed by atoms with Crippen molar-refractivity contribution in [3.05, 3.63) is 16.0 Å². The van der Waals surface area contributed by atoms with Gasteiger partial charge < -0.3 is 20.7 Å². The summed E-state index contributed by atoms with van der Waals surface area (Å²) < 4.78 is 5.11. The Bertz CT molecular complexity index is 527. The number of hydrogen-bond acceptors (Lipinski definition) is 6. The minimum Gasteiger partial charge on any atom is -0.462 e. The van der Waals surface area contributed by atoms with Crippen molar-refractivity contribution in [1.29, 1.82) is 0 Å². The van der Waals surface area contributed by atoms with E-state index in [0.29, 0.717) is 17.2 Å². The summed E-state index contributed by atoms with van der Waals surface area (Å²) in [6.45, 7) is 3.65. The molecule has 0 saturated carbocycles. The van der Waals surface area contributed by atoms with Crippen molar-refractivity contribution in [2.24, 2.45) is 5.73 Å². The molecular weight excluding hydrogens is 278 g/mol. The number of amides is 1. The zero-order chi connectivity index (χ0) is 14.7. The molecule has 0 aliphatic carbocycles. The molecule has 3 N–H and O–H groups in total. The number of carbonyl (C=O) groups is 2. The molecule has 6 nitrogen and oxygen atoms in total. The molecule has 0 bridgehead atoms. The average molecular weight is 297 g/mol. The summed E-state index contributed by atoms with van der Waals surface area (Å²) in [4.78, 5) is 26.9. The van der Waals surface area contributed by atoms with E-state index in [0.717, 1.165) is 30.0 Å². The molecule has 2 rings (SSSR count). The third kappa shape index (κ3) is 3.00. The van der Waals surface area contributed by atoms with Gasteiger partial charge in [0.15, 0.2) is 0 Å². The summed E-state index contributed by atoms with van der Waals surface area (Å²) in [5.41, 5.74) is 6.82. The number of hydrogen-bond donors (Lipinski definition) is 2. The number of nitrogens with one attached hydrogen (secondary N) is 1. The Kier molecular flexibility index (Phi) is 4.74. The molecule has 1 aromatic rings. The summed E-state index contributed by atoms with van der Waals surface area (Å²) in [5, 5.41) is 3.26. The molecule has 7 heteroatoms. The summed E-state index contributed by atoms with van der Waals surface area (Å²) in [6, 6.07) is 0. The molecule has 1 aliphatic heterocycles. The molecule has 0 radical (unpaired) electrons. The number of thiophene rings is 1. The number of ether oxygens (including phenoxy) is 1. The predicted octanol–water partition coefficient (Wildman–Crippen LogP) is 0.810. The van der Waals surface area contributed by atoms with Crippen LogP contribution < -0.4 is 11.1 Å². The highest BCUT2D eigenvalue weighted by Gasteiger charge is 2.28. The van der Waals surface area contributed by atoms with E-state index in [-0.39, 0.29) is 18.4 Å². The van der Waals surface area contributed by atoms with Crippen molar-refractivity contribution in [1.82, 2.24) is 4.90 Å². The Morgan fingerprint density at radius 2 is 2.25 bits per heavy atom. The lowest BCUT2D eigenvalue weighted by Crippen LogP contribution is -2.26. The van der Waals surface area contributed by atoms with Crippen LogP contribution in [0.25, 0.3) is 0 Å². The molecule has 0 spiro atoms. The molecular formula is C13H19N3O3S. The SMILES string of the molecule is CCOC(=O)c1c(NC(=O)CN)sc2c1CCN(C)C2. The van der Waals surface area contributed by atoms with Gasteiger partial charge in [-0.25, -0.2) is 4.79 Å². The van der Waals surface area contributed by atoms with Crippen LogP contribution in [0.1, 0.15) is 27.7 Å². The third-order valence-corrected chi connectivity index (χ3v) is 4.30. The summed E-state index contributed by atoms with van der Waals surface area (Å²) in [5.74, 6) is -0.677. The van der Waals surface area contributed by atoms with E-state index in [1.165, 1.54) is 11.3 Å². The number of likely N-dealkylation sites (N-methyl/N-ethyl adjacent to an activating group) is 1. The number of anilines is 1. The lowest BCUT2D eigenvalue weighted by molar-refractivity contribution is -0.114. The molecule has 110 valence electrons. The number of carbonyl (C=O) groups excluding carboxylic acids is 2. The first-order chi connectivity index (χ1) is 9.56. The maximum atomic E-state index is 12.1. The van der Waals surface area contributed by atoms with Crippen LogP contribution in [0.2, 0.25) is 0 Å². The number of nitrogens with zero attached hydrogens (tertiary/aromatic N) is 1. The van der Waals surface area contributed by atoms with Gasteiger partial charge in [0, 0.05) is 18.0 Å². The fourth-order valence-electron chi connectivity index (χ4n) is 2.22. The Morgan fingerprint density at radius 3 is 2.90 bits per heavy atom. The van der Waals surface area contributed by atoms with Gasteiger partial charge in [-0.1, -0.05) is 0 Å². The first kappa shape index (κ1) is 15.0. The van der Waals surface area contributed by atoms with Crippen LogP contribution >= 0.6 is 11.3 Å². The summed E-state index contributed by atoms with van der Waals surface area (Å²) in [7, 11) is 2.03. The Hall–Kier alpha value is -1.44. The number of fused-ring (bicyclic) bond motifs is 1. The van der Waals surface area contributed by atoms with Gasteiger partial charge in [0.1, 0.15) is 5.00 Å². The van der Waals surface area contributed by atoms with Gasteiger partial charge in [-0.3, -0.25) is 4.79 Å². The molecule has 0 aromatic carbocycles. The largest absolute Gasteiger partial charge is 0.462 e. The van der Waals surface area contributed by atoms with Crippen LogP contribution in [-0.4, -0.2) is 43.5 Å². The van der Waals surface area contributed by atoms with E-state index < -0.39 is 0 Å².